The second kappa shape index (κ2) is 5.32. The van der Waals surface area contributed by atoms with E-state index in [-0.39, 0.29) is 6.04 Å². The summed E-state index contributed by atoms with van der Waals surface area (Å²) in [5, 5.41) is 0. The maximum absolute atomic E-state index is 6.21. The molecule has 0 bridgehead atoms. The molecule has 1 rings (SSSR count). The Hall–Kier alpha value is -0.820. The van der Waals surface area contributed by atoms with Gasteiger partial charge in [-0.15, -0.1) is 0 Å². The summed E-state index contributed by atoms with van der Waals surface area (Å²) in [6, 6.07) is 6.61. The van der Waals surface area contributed by atoms with E-state index < -0.39 is 0 Å². The van der Waals surface area contributed by atoms with E-state index in [2.05, 4.69) is 45.9 Å². The smallest absolute Gasteiger partial charge is 0.0297 e. The quantitative estimate of drug-likeness (QED) is 0.796. The van der Waals surface area contributed by atoms with Crippen LogP contribution < -0.4 is 5.73 Å². The summed E-state index contributed by atoms with van der Waals surface area (Å²) in [6.07, 6.45) is 2.29. The second-order valence-corrected chi connectivity index (χ2v) is 4.87. The Morgan fingerprint density at radius 3 is 2.40 bits per heavy atom. The largest absolute Gasteiger partial charge is 0.324 e. The first-order chi connectivity index (χ1) is 7.02. The van der Waals surface area contributed by atoms with E-state index in [1.807, 2.05) is 0 Å². The molecule has 0 radical (unpaired) electrons. The summed E-state index contributed by atoms with van der Waals surface area (Å²) in [4.78, 5) is 0. The number of rotatable bonds is 4. The SMILES string of the molecule is Cc1cccc(C(N)CCC(C)C)c1C. The minimum atomic E-state index is 0.201. The molecule has 0 aliphatic rings. The fourth-order valence-electron chi connectivity index (χ4n) is 1.84. The van der Waals surface area contributed by atoms with Crippen molar-refractivity contribution < 1.29 is 0 Å². The summed E-state index contributed by atoms with van der Waals surface area (Å²) in [5.41, 5.74) is 10.2. The Kier molecular flexibility index (Phi) is 4.34. The van der Waals surface area contributed by atoms with Gasteiger partial charge in [-0.2, -0.15) is 0 Å². The summed E-state index contributed by atoms with van der Waals surface area (Å²) in [7, 11) is 0. The van der Waals surface area contributed by atoms with Crippen LogP contribution in [0.15, 0.2) is 18.2 Å². The summed E-state index contributed by atoms with van der Waals surface area (Å²) in [5.74, 6) is 0.737. The molecule has 0 aliphatic carbocycles. The van der Waals surface area contributed by atoms with Crippen molar-refractivity contribution in [3.8, 4) is 0 Å². The average molecular weight is 205 g/mol. The lowest BCUT2D eigenvalue weighted by Gasteiger charge is -2.17. The molecule has 15 heavy (non-hydrogen) atoms. The molecule has 1 atom stereocenters. The van der Waals surface area contributed by atoms with Gasteiger partial charge in [0.15, 0.2) is 0 Å². The molecular formula is C14H23N. The minimum Gasteiger partial charge on any atom is -0.324 e. The number of hydrogen-bond donors (Lipinski definition) is 1. The van der Waals surface area contributed by atoms with E-state index in [0.717, 1.165) is 12.3 Å². The highest BCUT2D eigenvalue weighted by molar-refractivity contribution is 5.35. The highest BCUT2D eigenvalue weighted by Crippen LogP contribution is 2.23. The van der Waals surface area contributed by atoms with E-state index in [0.29, 0.717) is 0 Å². The van der Waals surface area contributed by atoms with Crippen LogP contribution in [0.2, 0.25) is 0 Å². The van der Waals surface area contributed by atoms with Crippen LogP contribution in [0.25, 0.3) is 0 Å². The zero-order valence-corrected chi connectivity index (χ0v) is 10.4. The second-order valence-electron chi connectivity index (χ2n) is 4.87. The third-order valence-electron chi connectivity index (χ3n) is 3.10. The Balaban J connectivity index is 2.73. The highest BCUT2D eigenvalue weighted by Gasteiger charge is 2.10. The lowest BCUT2D eigenvalue weighted by Crippen LogP contribution is -2.13. The molecule has 0 heterocycles. The number of hydrogen-bond acceptors (Lipinski definition) is 1. The van der Waals surface area contributed by atoms with Gasteiger partial charge < -0.3 is 5.73 Å². The number of benzene rings is 1. The van der Waals surface area contributed by atoms with Gasteiger partial charge in [-0.05, 0) is 49.3 Å². The van der Waals surface area contributed by atoms with Crippen LogP contribution in [0.5, 0.6) is 0 Å². The fourth-order valence-corrected chi connectivity index (χ4v) is 1.84. The van der Waals surface area contributed by atoms with Crippen LogP contribution in [-0.2, 0) is 0 Å². The molecule has 1 heteroatoms. The van der Waals surface area contributed by atoms with Crippen LogP contribution >= 0.6 is 0 Å². The van der Waals surface area contributed by atoms with E-state index in [1.165, 1.54) is 23.1 Å². The predicted molar refractivity (Wildman–Crippen MR) is 66.9 cm³/mol. The van der Waals surface area contributed by atoms with Gasteiger partial charge in [0.05, 0.1) is 0 Å². The van der Waals surface area contributed by atoms with Crippen LogP contribution in [0.1, 0.15) is 49.4 Å². The van der Waals surface area contributed by atoms with Crippen LogP contribution in [0, 0.1) is 19.8 Å². The van der Waals surface area contributed by atoms with Crippen molar-refractivity contribution in [1.29, 1.82) is 0 Å². The van der Waals surface area contributed by atoms with Crippen molar-refractivity contribution in [3.05, 3.63) is 34.9 Å². The Morgan fingerprint density at radius 1 is 1.13 bits per heavy atom. The van der Waals surface area contributed by atoms with E-state index in [9.17, 15) is 0 Å². The monoisotopic (exact) mass is 205 g/mol. The molecule has 0 saturated heterocycles. The summed E-state index contributed by atoms with van der Waals surface area (Å²) >= 11 is 0. The van der Waals surface area contributed by atoms with Gasteiger partial charge in [-0.3, -0.25) is 0 Å². The standard InChI is InChI=1S/C14H23N/c1-10(2)8-9-14(15)13-7-5-6-11(3)12(13)4/h5-7,10,14H,8-9,15H2,1-4H3. The Morgan fingerprint density at radius 2 is 1.80 bits per heavy atom. The van der Waals surface area contributed by atoms with Gasteiger partial charge in [0.2, 0.25) is 0 Å². The predicted octanol–water partition coefficient (Wildman–Crippen LogP) is 3.74. The van der Waals surface area contributed by atoms with Gasteiger partial charge in [0, 0.05) is 6.04 Å². The summed E-state index contributed by atoms with van der Waals surface area (Å²) in [6.45, 7) is 8.81. The van der Waals surface area contributed by atoms with Crippen molar-refractivity contribution in [2.75, 3.05) is 0 Å². The molecule has 1 unspecified atom stereocenters. The molecule has 0 saturated carbocycles. The van der Waals surface area contributed by atoms with Crippen molar-refractivity contribution in [3.63, 3.8) is 0 Å². The first-order valence-corrected chi connectivity index (χ1v) is 5.84. The van der Waals surface area contributed by atoms with Crippen LogP contribution in [-0.4, -0.2) is 0 Å². The molecule has 84 valence electrons. The highest BCUT2D eigenvalue weighted by atomic mass is 14.6. The van der Waals surface area contributed by atoms with E-state index >= 15 is 0 Å². The third kappa shape index (κ3) is 3.35. The third-order valence-corrected chi connectivity index (χ3v) is 3.10. The normalized spacial score (nSPS) is 13.2. The zero-order valence-electron chi connectivity index (χ0n) is 10.4. The topological polar surface area (TPSA) is 26.0 Å². The Bertz CT molecular complexity index is 315. The van der Waals surface area contributed by atoms with Crippen LogP contribution in [0.4, 0.5) is 0 Å². The number of nitrogens with two attached hydrogens (primary N) is 1. The molecular weight excluding hydrogens is 182 g/mol. The Labute approximate surface area is 93.7 Å². The van der Waals surface area contributed by atoms with Crippen molar-refractivity contribution >= 4 is 0 Å². The van der Waals surface area contributed by atoms with Gasteiger partial charge in [0.25, 0.3) is 0 Å². The zero-order chi connectivity index (χ0) is 11.4. The minimum absolute atomic E-state index is 0.201. The molecule has 0 aromatic heterocycles. The maximum Gasteiger partial charge on any atom is 0.0297 e. The van der Waals surface area contributed by atoms with E-state index in [4.69, 9.17) is 5.73 Å². The van der Waals surface area contributed by atoms with Gasteiger partial charge in [-0.1, -0.05) is 32.0 Å². The lowest BCUT2D eigenvalue weighted by molar-refractivity contribution is 0.506. The van der Waals surface area contributed by atoms with Gasteiger partial charge >= 0.3 is 0 Å². The van der Waals surface area contributed by atoms with Crippen molar-refractivity contribution in [2.45, 2.75) is 46.6 Å². The van der Waals surface area contributed by atoms with Crippen molar-refractivity contribution in [2.24, 2.45) is 11.7 Å². The average Bonchev–Trinajstić information content (AvgIpc) is 2.18. The van der Waals surface area contributed by atoms with E-state index in [1.54, 1.807) is 0 Å². The summed E-state index contributed by atoms with van der Waals surface area (Å²) < 4.78 is 0. The van der Waals surface area contributed by atoms with Gasteiger partial charge in [-0.25, -0.2) is 0 Å². The van der Waals surface area contributed by atoms with Gasteiger partial charge in [0.1, 0.15) is 0 Å². The molecule has 1 aromatic carbocycles. The van der Waals surface area contributed by atoms with Crippen LogP contribution in [0.3, 0.4) is 0 Å². The first-order valence-electron chi connectivity index (χ1n) is 5.84. The molecule has 0 spiro atoms. The lowest BCUT2D eigenvalue weighted by atomic mass is 9.93. The fraction of sp³-hybridized carbons (Fsp3) is 0.571. The number of aryl methyl sites for hydroxylation is 1. The maximum atomic E-state index is 6.21. The molecule has 2 N–H and O–H groups in total. The first kappa shape index (κ1) is 12.3. The molecule has 0 aliphatic heterocycles. The van der Waals surface area contributed by atoms with Crippen molar-refractivity contribution in [1.82, 2.24) is 0 Å². The molecule has 1 aromatic rings. The molecule has 1 nitrogen and oxygen atoms in total. The molecule has 0 amide bonds. The molecule has 0 fully saturated rings.